The number of thioether (sulfide) groups is 1. The highest BCUT2D eigenvalue weighted by molar-refractivity contribution is 7.99. The molecule has 3 rings (SSSR count). The van der Waals surface area contributed by atoms with Crippen LogP contribution in [0.3, 0.4) is 0 Å². The van der Waals surface area contributed by atoms with E-state index in [1.165, 1.54) is 17.9 Å². The van der Waals surface area contributed by atoms with Gasteiger partial charge in [0.1, 0.15) is 0 Å². The maximum absolute atomic E-state index is 10.6. The minimum Gasteiger partial charge on any atom is -0.387 e. The van der Waals surface area contributed by atoms with E-state index in [9.17, 15) is 5.11 Å². The molecule has 22 heavy (non-hydrogen) atoms. The van der Waals surface area contributed by atoms with Crippen LogP contribution in [0.25, 0.3) is 0 Å². The van der Waals surface area contributed by atoms with Gasteiger partial charge in [-0.3, -0.25) is 4.90 Å². The first-order chi connectivity index (χ1) is 10.7. The van der Waals surface area contributed by atoms with Crippen LogP contribution in [-0.4, -0.2) is 53.4 Å². The summed E-state index contributed by atoms with van der Waals surface area (Å²) in [5.74, 6) is 2.39. The molecule has 1 N–H and O–H groups in total. The van der Waals surface area contributed by atoms with E-state index in [0.717, 1.165) is 31.6 Å². The summed E-state index contributed by atoms with van der Waals surface area (Å²) >= 11 is 7.94. The summed E-state index contributed by atoms with van der Waals surface area (Å²) in [6.45, 7) is 2.50. The average molecular weight is 342 g/mol. The van der Waals surface area contributed by atoms with E-state index >= 15 is 0 Å². The quantitative estimate of drug-likeness (QED) is 0.860. The second-order valence-corrected chi connectivity index (χ2v) is 7.76. The second-order valence-electron chi connectivity index (χ2n) is 6.17. The van der Waals surface area contributed by atoms with Crippen molar-refractivity contribution in [2.45, 2.75) is 37.5 Å². The van der Waals surface area contributed by atoms with Crippen LogP contribution in [0, 0.1) is 0 Å². The van der Waals surface area contributed by atoms with Crippen LogP contribution in [-0.2, 0) is 4.74 Å². The number of hydrogen-bond acceptors (Lipinski definition) is 4. The molecule has 0 bridgehead atoms. The normalized spacial score (nSPS) is 26.7. The predicted octanol–water partition coefficient (Wildman–Crippen LogP) is 3.36. The van der Waals surface area contributed by atoms with Crippen molar-refractivity contribution in [3.8, 4) is 0 Å². The number of benzene rings is 1. The van der Waals surface area contributed by atoms with E-state index in [4.69, 9.17) is 16.3 Å². The van der Waals surface area contributed by atoms with Crippen LogP contribution >= 0.6 is 23.4 Å². The lowest BCUT2D eigenvalue weighted by atomic mass is 10.1. The molecule has 2 aliphatic heterocycles. The fourth-order valence-electron chi connectivity index (χ4n) is 3.25. The van der Waals surface area contributed by atoms with Crippen LogP contribution in [0.2, 0.25) is 5.02 Å². The number of rotatable bonds is 6. The maximum atomic E-state index is 10.6. The van der Waals surface area contributed by atoms with Gasteiger partial charge in [0.2, 0.25) is 0 Å². The highest BCUT2D eigenvalue weighted by Crippen LogP contribution is 2.27. The van der Waals surface area contributed by atoms with Crippen molar-refractivity contribution in [1.82, 2.24) is 4.90 Å². The van der Waals surface area contributed by atoms with E-state index in [2.05, 4.69) is 4.90 Å². The van der Waals surface area contributed by atoms with Gasteiger partial charge in [-0.2, -0.15) is 11.8 Å². The van der Waals surface area contributed by atoms with Gasteiger partial charge in [0.25, 0.3) is 0 Å². The van der Waals surface area contributed by atoms with Crippen LogP contribution in [0.15, 0.2) is 24.3 Å². The number of ether oxygens (including phenoxy) is 1. The molecule has 0 spiro atoms. The molecule has 2 fully saturated rings. The smallest absolute Gasteiger partial charge is 0.0917 e. The minimum absolute atomic E-state index is 0.336. The molecule has 3 unspecified atom stereocenters. The first-order valence-electron chi connectivity index (χ1n) is 8.09. The summed E-state index contributed by atoms with van der Waals surface area (Å²) in [6, 6.07) is 8.09. The second kappa shape index (κ2) is 8.02. The molecule has 122 valence electrons. The SMILES string of the molecule is OC(CN(CC1CCCO1)C1CCSC1)c1ccc(Cl)cc1. The monoisotopic (exact) mass is 341 g/mol. The lowest BCUT2D eigenvalue weighted by Crippen LogP contribution is -2.42. The van der Waals surface area contributed by atoms with Crippen molar-refractivity contribution in [2.24, 2.45) is 0 Å². The van der Waals surface area contributed by atoms with Crippen LogP contribution in [0.4, 0.5) is 0 Å². The van der Waals surface area contributed by atoms with Gasteiger partial charge in [-0.05, 0) is 42.7 Å². The van der Waals surface area contributed by atoms with Gasteiger partial charge in [0.15, 0.2) is 0 Å². The summed E-state index contributed by atoms with van der Waals surface area (Å²) in [5.41, 5.74) is 0.937. The van der Waals surface area contributed by atoms with Crippen molar-refractivity contribution >= 4 is 23.4 Å². The lowest BCUT2D eigenvalue weighted by Gasteiger charge is -2.32. The minimum atomic E-state index is -0.468. The standard InChI is InChI=1S/C17H24ClNO2S/c18-14-5-3-13(4-6-14)17(20)11-19(15-7-9-22-12-15)10-16-2-1-8-21-16/h3-6,15-17,20H,1-2,7-12H2. The Labute approximate surface area is 142 Å². The topological polar surface area (TPSA) is 32.7 Å². The number of aliphatic hydroxyl groups excluding tert-OH is 1. The predicted molar refractivity (Wildman–Crippen MR) is 92.7 cm³/mol. The van der Waals surface area contributed by atoms with Crippen molar-refractivity contribution in [3.05, 3.63) is 34.9 Å². The summed E-state index contributed by atoms with van der Waals surface area (Å²) in [5, 5.41) is 11.3. The average Bonchev–Trinajstić information content (AvgIpc) is 3.20. The fourth-order valence-corrected chi connectivity index (χ4v) is 4.63. The van der Waals surface area contributed by atoms with Gasteiger partial charge in [-0.1, -0.05) is 23.7 Å². The highest BCUT2D eigenvalue weighted by Gasteiger charge is 2.28. The number of aliphatic hydroxyl groups is 1. The van der Waals surface area contributed by atoms with E-state index < -0.39 is 6.10 Å². The van der Waals surface area contributed by atoms with Crippen molar-refractivity contribution in [2.75, 3.05) is 31.2 Å². The summed E-state index contributed by atoms with van der Waals surface area (Å²) in [6.07, 6.45) is 3.39. The van der Waals surface area contributed by atoms with Gasteiger partial charge in [0.05, 0.1) is 12.2 Å². The molecule has 2 aliphatic rings. The summed E-state index contributed by atoms with van der Waals surface area (Å²) < 4.78 is 5.80. The Hall–Kier alpha value is -0.260. The molecule has 0 saturated carbocycles. The molecule has 1 aromatic carbocycles. The molecule has 2 saturated heterocycles. The molecular formula is C17H24ClNO2S. The molecule has 0 aromatic heterocycles. The Balaban J connectivity index is 1.63. The fraction of sp³-hybridized carbons (Fsp3) is 0.647. The first-order valence-corrected chi connectivity index (χ1v) is 9.62. The molecular weight excluding hydrogens is 318 g/mol. The molecule has 2 heterocycles. The summed E-state index contributed by atoms with van der Waals surface area (Å²) in [7, 11) is 0. The van der Waals surface area contributed by atoms with Crippen LogP contribution < -0.4 is 0 Å². The van der Waals surface area contributed by atoms with Gasteiger partial charge in [0, 0.05) is 36.5 Å². The van der Waals surface area contributed by atoms with Crippen molar-refractivity contribution in [1.29, 1.82) is 0 Å². The third kappa shape index (κ3) is 4.39. The molecule has 0 aliphatic carbocycles. The largest absolute Gasteiger partial charge is 0.387 e. The zero-order chi connectivity index (χ0) is 15.4. The number of nitrogens with zero attached hydrogens (tertiary/aromatic N) is 1. The lowest BCUT2D eigenvalue weighted by molar-refractivity contribution is 0.0344. The zero-order valence-electron chi connectivity index (χ0n) is 12.8. The number of halogens is 1. The molecule has 0 radical (unpaired) electrons. The Morgan fingerprint density at radius 3 is 2.77 bits per heavy atom. The van der Waals surface area contributed by atoms with Gasteiger partial charge < -0.3 is 9.84 Å². The van der Waals surface area contributed by atoms with Crippen LogP contribution in [0.1, 0.15) is 30.9 Å². The Morgan fingerprint density at radius 2 is 2.14 bits per heavy atom. The van der Waals surface area contributed by atoms with E-state index in [1.54, 1.807) is 0 Å². The Kier molecular flexibility index (Phi) is 6.05. The molecule has 0 amide bonds. The molecule has 1 aromatic rings. The molecule has 3 nitrogen and oxygen atoms in total. The maximum Gasteiger partial charge on any atom is 0.0917 e. The van der Waals surface area contributed by atoms with Gasteiger partial charge >= 0.3 is 0 Å². The van der Waals surface area contributed by atoms with Crippen molar-refractivity contribution in [3.63, 3.8) is 0 Å². The zero-order valence-corrected chi connectivity index (χ0v) is 14.4. The Morgan fingerprint density at radius 1 is 1.32 bits per heavy atom. The third-order valence-corrected chi connectivity index (χ3v) is 5.94. The number of hydrogen-bond donors (Lipinski definition) is 1. The van der Waals surface area contributed by atoms with Crippen molar-refractivity contribution < 1.29 is 9.84 Å². The highest BCUT2D eigenvalue weighted by atomic mass is 35.5. The molecule has 5 heteroatoms. The Bertz CT molecular complexity index is 458. The van der Waals surface area contributed by atoms with E-state index in [1.807, 2.05) is 36.0 Å². The third-order valence-electron chi connectivity index (χ3n) is 4.55. The van der Waals surface area contributed by atoms with Crippen LogP contribution in [0.5, 0.6) is 0 Å². The van der Waals surface area contributed by atoms with Gasteiger partial charge in [-0.15, -0.1) is 0 Å². The molecule has 3 atom stereocenters. The van der Waals surface area contributed by atoms with E-state index in [-0.39, 0.29) is 0 Å². The van der Waals surface area contributed by atoms with Gasteiger partial charge in [-0.25, -0.2) is 0 Å². The van der Waals surface area contributed by atoms with E-state index in [0.29, 0.717) is 23.7 Å². The first kappa shape index (κ1) is 16.6. The summed E-state index contributed by atoms with van der Waals surface area (Å²) in [4.78, 5) is 2.44.